The van der Waals surface area contributed by atoms with Gasteiger partial charge in [-0.2, -0.15) is 5.10 Å². The van der Waals surface area contributed by atoms with Gasteiger partial charge in [0.2, 0.25) is 0 Å². The van der Waals surface area contributed by atoms with E-state index in [1.54, 1.807) is 18.6 Å². The Kier molecular flexibility index (Phi) is 2.62. The van der Waals surface area contributed by atoms with E-state index in [0.717, 1.165) is 18.5 Å². The molecular formula is C10H13N5. The number of hydrogen-bond donors (Lipinski definition) is 1. The first kappa shape index (κ1) is 9.64. The van der Waals surface area contributed by atoms with E-state index in [9.17, 15) is 0 Å². The second-order valence-corrected chi connectivity index (χ2v) is 3.28. The number of aryl methyl sites for hydroxylation is 1. The van der Waals surface area contributed by atoms with Gasteiger partial charge < -0.3 is 5.73 Å². The van der Waals surface area contributed by atoms with E-state index in [4.69, 9.17) is 5.73 Å². The highest BCUT2D eigenvalue weighted by atomic mass is 15.3. The largest absolute Gasteiger partial charge is 0.382 e. The summed E-state index contributed by atoms with van der Waals surface area (Å²) in [5.41, 5.74) is 7.33. The molecule has 0 aromatic carbocycles. The summed E-state index contributed by atoms with van der Waals surface area (Å²) in [6.07, 6.45) is 7.95. The van der Waals surface area contributed by atoms with Gasteiger partial charge in [0, 0.05) is 30.7 Å². The van der Waals surface area contributed by atoms with Gasteiger partial charge in [-0.25, -0.2) is 4.98 Å². The molecule has 0 amide bonds. The Hall–Kier alpha value is -1.91. The maximum atomic E-state index is 5.73. The van der Waals surface area contributed by atoms with Gasteiger partial charge in [0.25, 0.3) is 0 Å². The third kappa shape index (κ3) is 1.96. The molecule has 78 valence electrons. The van der Waals surface area contributed by atoms with Crippen molar-refractivity contribution < 1.29 is 0 Å². The lowest BCUT2D eigenvalue weighted by Gasteiger charge is -1.99. The first-order valence-electron chi connectivity index (χ1n) is 4.90. The molecule has 2 rings (SSSR count). The molecule has 0 saturated heterocycles. The highest BCUT2D eigenvalue weighted by Gasteiger charge is 2.06. The Morgan fingerprint density at radius 1 is 1.33 bits per heavy atom. The summed E-state index contributed by atoms with van der Waals surface area (Å²) in [7, 11) is 0. The number of hydrogen-bond acceptors (Lipinski definition) is 4. The molecule has 0 aliphatic rings. The fourth-order valence-corrected chi connectivity index (χ4v) is 1.41. The lowest BCUT2D eigenvalue weighted by atomic mass is 10.2. The first-order chi connectivity index (χ1) is 7.31. The molecule has 5 heteroatoms. The van der Waals surface area contributed by atoms with Gasteiger partial charge in [-0.05, 0) is 6.42 Å². The van der Waals surface area contributed by atoms with Gasteiger partial charge in [0.05, 0.1) is 6.20 Å². The molecule has 2 aromatic heterocycles. The number of nitrogens with zero attached hydrogens (tertiary/aromatic N) is 4. The third-order valence-electron chi connectivity index (χ3n) is 2.09. The normalized spacial score (nSPS) is 10.5. The smallest absolute Gasteiger partial charge is 0.150 e. The molecule has 0 fully saturated rings. The molecule has 0 atom stereocenters. The van der Waals surface area contributed by atoms with Crippen LogP contribution in [0.2, 0.25) is 0 Å². The van der Waals surface area contributed by atoms with Gasteiger partial charge in [0.1, 0.15) is 11.5 Å². The van der Waals surface area contributed by atoms with E-state index in [-0.39, 0.29) is 0 Å². The van der Waals surface area contributed by atoms with E-state index in [0.29, 0.717) is 11.5 Å². The maximum absolute atomic E-state index is 5.73. The number of rotatable bonds is 3. The highest BCUT2D eigenvalue weighted by molar-refractivity contribution is 5.67. The predicted molar refractivity (Wildman–Crippen MR) is 58.0 cm³/mol. The van der Waals surface area contributed by atoms with Crippen molar-refractivity contribution in [2.45, 2.75) is 19.9 Å². The summed E-state index contributed by atoms with van der Waals surface area (Å²) >= 11 is 0. The second kappa shape index (κ2) is 4.08. The van der Waals surface area contributed by atoms with Gasteiger partial charge in [-0.15, -0.1) is 0 Å². The summed E-state index contributed by atoms with van der Waals surface area (Å²) in [6, 6.07) is 0. The van der Waals surface area contributed by atoms with Crippen LogP contribution in [0.5, 0.6) is 0 Å². The lowest BCUT2D eigenvalue weighted by Crippen LogP contribution is -1.96. The summed E-state index contributed by atoms with van der Waals surface area (Å²) in [5.74, 6) is 0.438. The van der Waals surface area contributed by atoms with Crippen LogP contribution >= 0.6 is 0 Å². The number of aromatic nitrogens is 4. The minimum Gasteiger partial charge on any atom is -0.382 e. The fraction of sp³-hybridized carbons (Fsp3) is 0.300. The van der Waals surface area contributed by atoms with Crippen molar-refractivity contribution in [1.82, 2.24) is 19.7 Å². The number of nitrogens with two attached hydrogens (primary N) is 1. The van der Waals surface area contributed by atoms with Crippen LogP contribution in [0.1, 0.15) is 13.3 Å². The van der Waals surface area contributed by atoms with Crippen LogP contribution in [0.25, 0.3) is 11.3 Å². The van der Waals surface area contributed by atoms with Gasteiger partial charge >= 0.3 is 0 Å². The molecule has 15 heavy (non-hydrogen) atoms. The van der Waals surface area contributed by atoms with Crippen molar-refractivity contribution in [2.75, 3.05) is 5.73 Å². The summed E-state index contributed by atoms with van der Waals surface area (Å²) in [4.78, 5) is 8.17. The van der Waals surface area contributed by atoms with Crippen molar-refractivity contribution in [3.8, 4) is 11.3 Å². The van der Waals surface area contributed by atoms with Crippen molar-refractivity contribution >= 4 is 5.82 Å². The zero-order valence-electron chi connectivity index (χ0n) is 8.59. The minimum atomic E-state index is 0.438. The third-order valence-corrected chi connectivity index (χ3v) is 2.09. The Morgan fingerprint density at radius 2 is 2.13 bits per heavy atom. The van der Waals surface area contributed by atoms with Crippen LogP contribution < -0.4 is 5.73 Å². The summed E-state index contributed by atoms with van der Waals surface area (Å²) in [6.45, 7) is 3.01. The molecule has 0 aliphatic carbocycles. The average Bonchev–Trinajstić information content (AvgIpc) is 2.68. The molecule has 0 saturated carbocycles. The monoisotopic (exact) mass is 203 g/mol. The lowest BCUT2D eigenvalue weighted by molar-refractivity contribution is 0.603. The van der Waals surface area contributed by atoms with Crippen molar-refractivity contribution in [1.29, 1.82) is 0 Å². The quantitative estimate of drug-likeness (QED) is 0.817. The Labute approximate surface area is 88.0 Å². The standard InChI is InChI=1S/C10H13N5/c1-2-5-15-7-8(6-14-15)9-10(11)13-4-3-12-9/h3-4,6-7H,2,5H2,1H3,(H2,11,13). The molecule has 2 aromatic rings. The van der Waals surface area contributed by atoms with Crippen molar-refractivity contribution in [2.24, 2.45) is 0 Å². The maximum Gasteiger partial charge on any atom is 0.150 e. The first-order valence-corrected chi connectivity index (χ1v) is 4.90. The molecular weight excluding hydrogens is 190 g/mol. The van der Waals surface area contributed by atoms with Crippen LogP contribution in [-0.4, -0.2) is 19.7 Å². The molecule has 0 radical (unpaired) electrons. The zero-order chi connectivity index (χ0) is 10.7. The van der Waals surface area contributed by atoms with Gasteiger partial charge in [0.15, 0.2) is 0 Å². The zero-order valence-corrected chi connectivity index (χ0v) is 8.59. The van der Waals surface area contributed by atoms with Gasteiger partial charge in [-0.3, -0.25) is 9.67 Å². The Bertz CT molecular complexity index is 449. The summed E-state index contributed by atoms with van der Waals surface area (Å²) in [5, 5.41) is 4.22. The van der Waals surface area contributed by atoms with E-state index in [2.05, 4.69) is 22.0 Å². The molecule has 2 heterocycles. The van der Waals surface area contributed by atoms with Crippen LogP contribution in [0, 0.1) is 0 Å². The molecule has 2 N–H and O–H groups in total. The molecule has 5 nitrogen and oxygen atoms in total. The number of anilines is 1. The fourth-order valence-electron chi connectivity index (χ4n) is 1.41. The molecule has 0 spiro atoms. The van der Waals surface area contributed by atoms with Crippen LogP contribution in [-0.2, 0) is 6.54 Å². The summed E-state index contributed by atoms with van der Waals surface area (Å²) < 4.78 is 1.88. The van der Waals surface area contributed by atoms with E-state index >= 15 is 0 Å². The predicted octanol–water partition coefficient (Wildman–Crippen LogP) is 1.33. The molecule has 0 unspecified atom stereocenters. The SMILES string of the molecule is CCCn1cc(-c2nccnc2N)cn1. The van der Waals surface area contributed by atoms with Crippen molar-refractivity contribution in [3.05, 3.63) is 24.8 Å². The highest BCUT2D eigenvalue weighted by Crippen LogP contribution is 2.19. The van der Waals surface area contributed by atoms with E-state index < -0.39 is 0 Å². The number of nitrogen functional groups attached to an aromatic ring is 1. The van der Waals surface area contributed by atoms with Crippen LogP contribution in [0.15, 0.2) is 24.8 Å². The van der Waals surface area contributed by atoms with E-state index in [1.165, 1.54) is 0 Å². The van der Waals surface area contributed by atoms with Crippen molar-refractivity contribution in [3.63, 3.8) is 0 Å². The Balaban J connectivity index is 2.33. The van der Waals surface area contributed by atoms with E-state index in [1.807, 2.05) is 10.9 Å². The second-order valence-electron chi connectivity index (χ2n) is 3.28. The topological polar surface area (TPSA) is 69.6 Å². The van der Waals surface area contributed by atoms with Gasteiger partial charge in [-0.1, -0.05) is 6.92 Å². The molecule has 0 aliphatic heterocycles. The molecule has 0 bridgehead atoms. The van der Waals surface area contributed by atoms with Crippen LogP contribution in [0.4, 0.5) is 5.82 Å². The average molecular weight is 203 g/mol. The Morgan fingerprint density at radius 3 is 2.87 bits per heavy atom. The van der Waals surface area contributed by atoms with Crippen LogP contribution in [0.3, 0.4) is 0 Å². The minimum absolute atomic E-state index is 0.438.